The molecule has 1 aliphatic carbocycles. The Morgan fingerprint density at radius 3 is 2.78 bits per heavy atom. The Balaban J connectivity index is 1.72. The number of hydrogen-bond acceptors (Lipinski definition) is 4. The monoisotopic (exact) mass is 316 g/mol. The number of carboxylic acids is 1. The first-order valence-corrected chi connectivity index (χ1v) is 7.40. The first-order chi connectivity index (χ1) is 11.0. The molecule has 0 aromatic carbocycles. The first kappa shape index (κ1) is 15.1. The lowest BCUT2D eigenvalue weighted by molar-refractivity contribution is 0.0660. The molecule has 2 aromatic rings. The summed E-state index contributed by atoms with van der Waals surface area (Å²) in [5.41, 5.74) is 1.58. The Labute approximate surface area is 131 Å². The van der Waals surface area contributed by atoms with Crippen LogP contribution in [-0.2, 0) is 19.4 Å². The number of carbonyl (C=O) groups excluding carboxylic acids is 1. The summed E-state index contributed by atoms with van der Waals surface area (Å²) in [5, 5.41) is 11.3. The molecule has 1 amide bonds. The normalized spacial score (nSPS) is 13.4. The van der Waals surface area contributed by atoms with Crippen molar-refractivity contribution in [3.63, 3.8) is 0 Å². The molecule has 2 heterocycles. The molecule has 0 saturated carbocycles. The highest BCUT2D eigenvalue weighted by Crippen LogP contribution is 2.18. The third-order valence-corrected chi connectivity index (χ3v) is 3.88. The number of fused-ring (bicyclic) bond motifs is 1. The predicted octanol–water partition coefficient (Wildman–Crippen LogP) is 1.47. The molecule has 0 spiro atoms. The minimum Gasteiger partial charge on any atom is -0.475 e. The van der Waals surface area contributed by atoms with Crippen molar-refractivity contribution in [2.75, 3.05) is 0 Å². The fraction of sp³-hybridized carbons (Fsp3) is 0.312. The van der Waals surface area contributed by atoms with Crippen LogP contribution in [0.2, 0.25) is 0 Å². The van der Waals surface area contributed by atoms with Crippen LogP contribution in [0, 0.1) is 0 Å². The van der Waals surface area contributed by atoms with Crippen molar-refractivity contribution in [2.24, 2.45) is 0 Å². The van der Waals surface area contributed by atoms with E-state index in [0.717, 1.165) is 36.9 Å². The maximum Gasteiger partial charge on any atom is 0.371 e. The summed E-state index contributed by atoms with van der Waals surface area (Å²) < 4.78 is 5.05. The molecule has 0 unspecified atom stereocenters. The lowest BCUT2D eigenvalue weighted by atomic mass is 9.95. The molecule has 0 fully saturated rings. The molecule has 1 aliphatic rings. The molecular formula is C16H16N2O5. The topological polar surface area (TPSA) is 112 Å². The Morgan fingerprint density at radius 1 is 1.26 bits per heavy atom. The van der Waals surface area contributed by atoms with Crippen LogP contribution in [0.1, 0.15) is 50.8 Å². The summed E-state index contributed by atoms with van der Waals surface area (Å²) in [4.78, 5) is 37.7. The maximum absolute atomic E-state index is 12.2. The van der Waals surface area contributed by atoms with Crippen LogP contribution in [0.3, 0.4) is 0 Å². The third-order valence-electron chi connectivity index (χ3n) is 3.88. The van der Waals surface area contributed by atoms with E-state index in [2.05, 4.69) is 10.3 Å². The van der Waals surface area contributed by atoms with Crippen molar-refractivity contribution in [2.45, 2.75) is 32.2 Å². The van der Waals surface area contributed by atoms with Gasteiger partial charge in [0, 0.05) is 5.69 Å². The largest absolute Gasteiger partial charge is 0.475 e. The van der Waals surface area contributed by atoms with Crippen LogP contribution in [-0.4, -0.2) is 22.0 Å². The first-order valence-electron chi connectivity index (χ1n) is 7.40. The lowest BCUT2D eigenvalue weighted by Gasteiger charge is -2.15. The van der Waals surface area contributed by atoms with Crippen molar-refractivity contribution >= 4 is 11.9 Å². The van der Waals surface area contributed by atoms with Crippen molar-refractivity contribution in [3.05, 3.63) is 56.9 Å². The predicted molar refractivity (Wildman–Crippen MR) is 80.5 cm³/mol. The van der Waals surface area contributed by atoms with Gasteiger partial charge in [-0.05, 0) is 49.4 Å². The summed E-state index contributed by atoms with van der Waals surface area (Å²) in [5.74, 6) is -1.56. The number of H-pyrrole nitrogens is 1. The molecule has 7 heteroatoms. The highest BCUT2D eigenvalue weighted by atomic mass is 16.4. The number of aromatic nitrogens is 1. The number of hydrogen-bond donors (Lipinski definition) is 3. The number of aromatic amines is 1. The minimum atomic E-state index is -1.17. The van der Waals surface area contributed by atoms with E-state index in [1.54, 1.807) is 6.07 Å². The SMILES string of the molecule is O=C(O)c1ccc(CNC(=O)c2cc3c([nH]c2=O)CCCC3)o1. The van der Waals surface area contributed by atoms with Gasteiger partial charge in [0.1, 0.15) is 11.3 Å². The highest BCUT2D eigenvalue weighted by molar-refractivity contribution is 5.94. The zero-order valence-electron chi connectivity index (χ0n) is 12.3. The van der Waals surface area contributed by atoms with Gasteiger partial charge in [-0.15, -0.1) is 0 Å². The molecule has 2 aromatic heterocycles. The second-order valence-electron chi connectivity index (χ2n) is 5.48. The maximum atomic E-state index is 12.2. The van der Waals surface area contributed by atoms with E-state index >= 15 is 0 Å². The van der Waals surface area contributed by atoms with Crippen LogP contribution in [0.25, 0.3) is 0 Å². The van der Waals surface area contributed by atoms with Crippen LogP contribution in [0.4, 0.5) is 0 Å². The van der Waals surface area contributed by atoms with E-state index in [-0.39, 0.29) is 17.9 Å². The summed E-state index contributed by atoms with van der Waals surface area (Å²) in [6.45, 7) is 0.0165. The van der Waals surface area contributed by atoms with E-state index in [9.17, 15) is 14.4 Å². The zero-order chi connectivity index (χ0) is 16.4. The molecule has 0 atom stereocenters. The molecule has 0 aliphatic heterocycles. The summed E-state index contributed by atoms with van der Waals surface area (Å²) in [6.07, 6.45) is 3.77. The van der Waals surface area contributed by atoms with Crippen molar-refractivity contribution in [1.29, 1.82) is 0 Å². The average molecular weight is 316 g/mol. The number of carbonyl (C=O) groups is 2. The Bertz CT molecular complexity index is 818. The Kier molecular flexibility index (Phi) is 4.01. The summed E-state index contributed by atoms with van der Waals surface area (Å²) in [6, 6.07) is 4.43. The molecule has 3 rings (SSSR count). The van der Waals surface area contributed by atoms with Gasteiger partial charge in [-0.3, -0.25) is 9.59 Å². The molecule has 0 saturated heterocycles. The molecule has 0 bridgehead atoms. The van der Waals surface area contributed by atoms with Gasteiger partial charge in [-0.2, -0.15) is 0 Å². The number of furan rings is 1. The zero-order valence-corrected chi connectivity index (χ0v) is 12.3. The van der Waals surface area contributed by atoms with Gasteiger partial charge in [0.05, 0.1) is 6.54 Å². The van der Waals surface area contributed by atoms with Crippen LogP contribution in [0.5, 0.6) is 0 Å². The molecular weight excluding hydrogens is 300 g/mol. The van der Waals surface area contributed by atoms with Crippen LogP contribution in [0.15, 0.2) is 27.4 Å². The van der Waals surface area contributed by atoms with E-state index in [1.807, 2.05) is 0 Å². The summed E-state index contributed by atoms with van der Waals surface area (Å²) >= 11 is 0. The second kappa shape index (κ2) is 6.12. The Morgan fingerprint density at radius 2 is 2.04 bits per heavy atom. The second-order valence-corrected chi connectivity index (χ2v) is 5.48. The molecule has 23 heavy (non-hydrogen) atoms. The molecule has 120 valence electrons. The summed E-state index contributed by atoms with van der Waals surface area (Å²) in [7, 11) is 0. The fourth-order valence-corrected chi connectivity index (χ4v) is 2.69. The third kappa shape index (κ3) is 3.18. The van der Waals surface area contributed by atoms with Crippen molar-refractivity contribution < 1.29 is 19.1 Å². The van der Waals surface area contributed by atoms with E-state index in [4.69, 9.17) is 9.52 Å². The van der Waals surface area contributed by atoms with Crippen molar-refractivity contribution in [3.8, 4) is 0 Å². The van der Waals surface area contributed by atoms with Gasteiger partial charge in [0.25, 0.3) is 11.5 Å². The molecule has 3 N–H and O–H groups in total. The number of carboxylic acid groups (broad SMARTS) is 1. The number of rotatable bonds is 4. The number of nitrogens with one attached hydrogen (secondary N) is 2. The standard InChI is InChI=1S/C16H16N2O5/c19-14(17-8-10-5-6-13(23-10)16(21)22)11-7-9-3-1-2-4-12(9)18-15(11)20/h5-7H,1-4,8H2,(H,17,19)(H,18,20)(H,21,22). The smallest absolute Gasteiger partial charge is 0.371 e. The fourth-order valence-electron chi connectivity index (χ4n) is 2.69. The van der Waals surface area contributed by atoms with Gasteiger partial charge in [-0.1, -0.05) is 0 Å². The van der Waals surface area contributed by atoms with E-state index in [0.29, 0.717) is 5.76 Å². The van der Waals surface area contributed by atoms with Gasteiger partial charge < -0.3 is 19.8 Å². The number of aryl methyl sites for hydroxylation is 2. The number of aromatic carboxylic acids is 1. The van der Waals surface area contributed by atoms with E-state index in [1.165, 1.54) is 12.1 Å². The average Bonchev–Trinajstić information content (AvgIpc) is 3.01. The van der Waals surface area contributed by atoms with Gasteiger partial charge in [0.15, 0.2) is 0 Å². The quantitative estimate of drug-likeness (QED) is 0.791. The number of amides is 1. The Hall–Kier alpha value is -2.83. The van der Waals surface area contributed by atoms with Crippen LogP contribution >= 0.6 is 0 Å². The van der Waals surface area contributed by atoms with Gasteiger partial charge in [0.2, 0.25) is 5.76 Å². The van der Waals surface area contributed by atoms with Gasteiger partial charge >= 0.3 is 5.97 Å². The van der Waals surface area contributed by atoms with Crippen LogP contribution < -0.4 is 10.9 Å². The van der Waals surface area contributed by atoms with Crippen molar-refractivity contribution in [1.82, 2.24) is 10.3 Å². The lowest BCUT2D eigenvalue weighted by Crippen LogP contribution is -2.30. The minimum absolute atomic E-state index is 0.0165. The van der Waals surface area contributed by atoms with Gasteiger partial charge in [-0.25, -0.2) is 4.79 Å². The molecule has 0 radical (unpaired) electrons. The highest BCUT2D eigenvalue weighted by Gasteiger charge is 2.17. The molecule has 7 nitrogen and oxygen atoms in total. The van der Waals surface area contributed by atoms with E-state index < -0.39 is 17.4 Å². The number of pyridine rings is 1.